The van der Waals surface area contributed by atoms with Gasteiger partial charge >= 0.3 is 5.97 Å². The van der Waals surface area contributed by atoms with Crippen LogP contribution in [0.4, 0.5) is 0 Å². The minimum atomic E-state index is -1.05. The topological polar surface area (TPSA) is 92.4 Å². The summed E-state index contributed by atoms with van der Waals surface area (Å²) in [6, 6.07) is -0.973. The number of carboxylic acids is 1. The van der Waals surface area contributed by atoms with E-state index in [0.717, 1.165) is 44.9 Å². The van der Waals surface area contributed by atoms with E-state index in [4.69, 9.17) is 10.8 Å². The van der Waals surface area contributed by atoms with E-state index in [2.05, 4.69) is 19.2 Å². The maximum absolute atomic E-state index is 12.0. The second kappa shape index (κ2) is 9.75. The fourth-order valence-corrected chi connectivity index (χ4v) is 2.25. The molecule has 0 saturated heterocycles. The molecule has 118 valence electrons. The third-order valence-corrected chi connectivity index (χ3v) is 3.57. The number of hydrogen-bond donors (Lipinski definition) is 3. The van der Waals surface area contributed by atoms with Crippen molar-refractivity contribution in [2.75, 3.05) is 0 Å². The van der Waals surface area contributed by atoms with Crippen LogP contribution < -0.4 is 11.1 Å². The number of aliphatic carboxylic acids is 1. The molecule has 0 bridgehead atoms. The van der Waals surface area contributed by atoms with Crippen molar-refractivity contribution in [1.82, 2.24) is 5.32 Å². The van der Waals surface area contributed by atoms with E-state index in [9.17, 15) is 9.59 Å². The Hall–Kier alpha value is -1.10. The molecule has 2 atom stereocenters. The second-order valence-electron chi connectivity index (χ2n) is 5.81. The van der Waals surface area contributed by atoms with E-state index in [0.29, 0.717) is 0 Å². The first-order chi connectivity index (χ1) is 9.34. The van der Waals surface area contributed by atoms with Gasteiger partial charge in [0.2, 0.25) is 5.91 Å². The van der Waals surface area contributed by atoms with Crippen LogP contribution in [0, 0.1) is 0 Å². The molecule has 0 aliphatic heterocycles. The molecular formula is C15H30N2O3. The second-order valence-corrected chi connectivity index (χ2v) is 5.81. The smallest absolute Gasteiger partial charge is 0.305 e. The highest BCUT2D eigenvalue weighted by molar-refractivity contribution is 5.86. The van der Waals surface area contributed by atoms with Crippen LogP contribution in [-0.4, -0.2) is 28.6 Å². The number of rotatable bonds is 11. The van der Waals surface area contributed by atoms with Crippen LogP contribution in [0.5, 0.6) is 0 Å². The Balaban J connectivity index is 4.52. The van der Waals surface area contributed by atoms with Crippen molar-refractivity contribution in [2.45, 2.75) is 83.7 Å². The first-order valence-corrected chi connectivity index (χ1v) is 7.64. The number of nitrogens with one attached hydrogen (secondary N) is 1. The van der Waals surface area contributed by atoms with Crippen LogP contribution >= 0.6 is 0 Å². The number of carbonyl (C=O) groups is 2. The lowest BCUT2D eigenvalue weighted by molar-refractivity contribution is -0.139. The maximum Gasteiger partial charge on any atom is 0.305 e. The summed E-state index contributed by atoms with van der Waals surface area (Å²) in [6.45, 7) is 6.29. The number of carbonyl (C=O) groups excluding carboxylic acids is 1. The third kappa shape index (κ3) is 8.15. The van der Waals surface area contributed by atoms with Gasteiger partial charge in [-0.15, -0.1) is 0 Å². The summed E-state index contributed by atoms with van der Waals surface area (Å²) in [5, 5.41) is 11.7. The monoisotopic (exact) mass is 286 g/mol. The Bertz CT molecular complexity index is 307. The fourth-order valence-electron chi connectivity index (χ4n) is 2.25. The molecule has 0 saturated carbocycles. The highest BCUT2D eigenvalue weighted by atomic mass is 16.4. The van der Waals surface area contributed by atoms with Gasteiger partial charge in [-0.25, -0.2) is 0 Å². The molecule has 5 heteroatoms. The molecule has 0 spiro atoms. The van der Waals surface area contributed by atoms with Gasteiger partial charge in [-0.2, -0.15) is 0 Å². The summed E-state index contributed by atoms with van der Waals surface area (Å²) in [4.78, 5) is 22.6. The number of nitrogens with two attached hydrogens (primary N) is 1. The molecule has 0 fully saturated rings. The van der Waals surface area contributed by atoms with E-state index in [1.165, 1.54) is 0 Å². The van der Waals surface area contributed by atoms with Crippen LogP contribution in [0.15, 0.2) is 0 Å². The molecule has 0 radical (unpaired) electrons. The molecule has 4 N–H and O–H groups in total. The lowest BCUT2D eigenvalue weighted by Gasteiger charge is -2.32. The summed E-state index contributed by atoms with van der Waals surface area (Å²) in [5.41, 5.74) is 5.34. The molecule has 2 unspecified atom stereocenters. The van der Waals surface area contributed by atoms with Gasteiger partial charge in [-0.05, 0) is 19.8 Å². The fraction of sp³-hybridized carbons (Fsp3) is 0.867. The number of amides is 1. The maximum atomic E-state index is 12.0. The lowest BCUT2D eigenvalue weighted by atomic mass is 9.88. The zero-order chi connectivity index (χ0) is 15.6. The molecule has 1 amide bonds. The summed E-state index contributed by atoms with van der Waals surface area (Å²) in [6.07, 6.45) is 6.92. The van der Waals surface area contributed by atoms with Crippen molar-refractivity contribution in [2.24, 2.45) is 5.73 Å². The van der Waals surface area contributed by atoms with Crippen molar-refractivity contribution >= 4 is 11.9 Å². The van der Waals surface area contributed by atoms with E-state index < -0.39 is 12.0 Å². The Kier molecular flexibility index (Phi) is 9.21. The van der Waals surface area contributed by atoms with E-state index >= 15 is 0 Å². The Morgan fingerprint density at radius 2 is 1.70 bits per heavy atom. The van der Waals surface area contributed by atoms with Gasteiger partial charge in [0.1, 0.15) is 0 Å². The van der Waals surface area contributed by atoms with Crippen LogP contribution in [0.2, 0.25) is 0 Å². The zero-order valence-corrected chi connectivity index (χ0v) is 13.1. The quantitative estimate of drug-likeness (QED) is 0.509. The number of unbranched alkanes of at least 4 members (excludes halogenated alkanes) is 3. The summed E-state index contributed by atoms with van der Waals surface area (Å²) < 4.78 is 0. The minimum Gasteiger partial charge on any atom is -0.481 e. The van der Waals surface area contributed by atoms with Crippen molar-refractivity contribution in [3.8, 4) is 0 Å². The first-order valence-electron chi connectivity index (χ1n) is 7.64. The SMILES string of the molecule is CCCCCC(C)(CCCC)NC(=O)C(N)CC(=O)O. The van der Waals surface area contributed by atoms with Crippen LogP contribution in [0.3, 0.4) is 0 Å². The lowest BCUT2D eigenvalue weighted by Crippen LogP contribution is -2.52. The molecule has 0 rings (SSSR count). The van der Waals surface area contributed by atoms with Gasteiger partial charge in [0.25, 0.3) is 0 Å². The normalized spacial score (nSPS) is 15.4. The van der Waals surface area contributed by atoms with Gasteiger partial charge in [0.05, 0.1) is 12.5 Å². The Morgan fingerprint density at radius 3 is 2.20 bits per heavy atom. The highest BCUT2D eigenvalue weighted by Crippen LogP contribution is 2.21. The van der Waals surface area contributed by atoms with Crippen molar-refractivity contribution < 1.29 is 14.7 Å². The van der Waals surface area contributed by atoms with E-state index in [1.807, 2.05) is 6.92 Å². The zero-order valence-electron chi connectivity index (χ0n) is 13.1. The predicted molar refractivity (Wildman–Crippen MR) is 80.4 cm³/mol. The Labute approximate surface area is 122 Å². The summed E-state index contributed by atoms with van der Waals surface area (Å²) in [5.74, 6) is -1.41. The standard InChI is InChI=1S/C15H30N2O3/c1-4-6-8-10-15(3,9-7-5-2)17-14(20)12(16)11-13(18)19/h12H,4-11,16H2,1-3H3,(H,17,20)(H,18,19). The average molecular weight is 286 g/mol. The average Bonchev–Trinajstić information content (AvgIpc) is 2.36. The number of hydrogen-bond acceptors (Lipinski definition) is 3. The van der Waals surface area contributed by atoms with Crippen LogP contribution in [0.25, 0.3) is 0 Å². The molecule has 0 aromatic carbocycles. The van der Waals surface area contributed by atoms with Crippen LogP contribution in [-0.2, 0) is 9.59 Å². The Morgan fingerprint density at radius 1 is 1.15 bits per heavy atom. The largest absolute Gasteiger partial charge is 0.481 e. The van der Waals surface area contributed by atoms with Gasteiger partial charge in [-0.1, -0.05) is 46.0 Å². The van der Waals surface area contributed by atoms with Gasteiger partial charge in [-0.3, -0.25) is 9.59 Å². The molecule has 0 heterocycles. The number of carboxylic acid groups (broad SMARTS) is 1. The highest BCUT2D eigenvalue weighted by Gasteiger charge is 2.28. The summed E-state index contributed by atoms with van der Waals surface area (Å²) >= 11 is 0. The third-order valence-electron chi connectivity index (χ3n) is 3.57. The summed E-state index contributed by atoms with van der Waals surface area (Å²) in [7, 11) is 0. The molecule has 0 aromatic rings. The van der Waals surface area contributed by atoms with Gasteiger partial charge < -0.3 is 16.2 Å². The van der Waals surface area contributed by atoms with Crippen molar-refractivity contribution in [3.63, 3.8) is 0 Å². The van der Waals surface area contributed by atoms with Crippen molar-refractivity contribution in [3.05, 3.63) is 0 Å². The molecule has 0 aliphatic carbocycles. The molecule has 0 aromatic heterocycles. The molecular weight excluding hydrogens is 256 g/mol. The molecule has 20 heavy (non-hydrogen) atoms. The first kappa shape index (κ1) is 18.9. The predicted octanol–water partition coefficient (Wildman–Crippen LogP) is 2.43. The van der Waals surface area contributed by atoms with Gasteiger partial charge in [0, 0.05) is 5.54 Å². The molecule has 5 nitrogen and oxygen atoms in total. The van der Waals surface area contributed by atoms with Crippen LogP contribution in [0.1, 0.15) is 72.1 Å². The van der Waals surface area contributed by atoms with E-state index in [-0.39, 0.29) is 17.9 Å². The minimum absolute atomic E-state index is 0.279. The molecule has 0 aliphatic rings. The van der Waals surface area contributed by atoms with Crippen molar-refractivity contribution in [1.29, 1.82) is 0 Å². The van der Waals surface area contributed by atoms with E-state index in [1.54, 1.807) is 0 Å². The van der Waals surface area contributed by atoms with Gasteiger partial charge in [0.15, 0.2) is 0 Å².